The average Bonchev–Trinajstić information content (AvgIpc) is 3.27. The summed E-state index contributed by atoms with van der Waals surface area (Å²) in [5.41, 5.74) is 1.53. The molecule has 28 heavy (non-hydrogen) atoms. The Morgan fingerprint density at radius 2 is 1.93 bits per heavy atom. The van der Waals surface area contributed by atoms with E-state index in [4.69, 9.17) is 9.47 Å². The van der Waals surface area contributed by atoms with E-state index in [0.29, 0.717) is 22.9 Å². The third kappa shape index (κ3) is 3.73. The van der Waals surface area contributed by atoms with Crippen LogP contribution in [0.3, 0.4) is 0 Å². The molecule has 0 fully saturated rings. The molecule has 0 unspecified atom stereocenters. The number of nitrogens with one attached hydrogen (secondary N) is 1. The fraction of sp³-hybridized carbons (Fsp3) is 0.273. The van der Waals surface area contributed by atoms with Gasteiger partial charge in [0.2, 0.25) is 0 Å². The number of hydrogen-bond donors (Lipinski definition) is 1. The predicted octanol–water partition coefficient (Wildman–Crippen LogP) is 4.58. The van der Waals surface area contributed by atoms with Gasteiger partial charge in [0, 0.05) is 4.88 Å². The zero-order chi connectivity index (χ0) is 19.5. The van der Waals surface area contributed by atoms with Gasteiger partial charge >= 0.3 is 5.97 Å². The number of amides is 1. The zero-order valence-electron chi connectivity index (χ0n) is 15.6. The van der Waals surface area contributed by atoms with Crippen LogP contribution in [0.25, 0.3) is 10.8 Å². The molecular formula is C22H21NO4S. The molecule has 2 aromatic carbocycles. The summed E-state index contributed by atoms with van der Waals surface area (Å²) in [4.78, 5) is 26.0. The maximum absolute atomic E-state index is 12.4. The number of esters is 1. The molecule has 0 atom stereocenters. The number of rotatable bonds is 6. The summed E-state index contributed by atoms with van der Waals surface area (Å²) in [7, 11) is 0. The van der Waals surface area contributed by atoms with Crippen LogP contribution in [0.5, 0.6) is 5.75 Å². The van der Waals surface area contributed by atoms with Gasteiger partial charge in [-0.1, -0.05) is 30.3 Å². The summed E-state index contributed by atoms with van der Waals surface area (Å²) in [6, 6.07) is 13.7. The fourth-order valence-electron chi connectivity index (χ4n) is 3.48. The van der Waals surface area contributed by atoms with Crippen molar-refractivity contribution in [3.05, 3.63) is 58.5 Å². The van der Waals surface area contributed by atoms with Gasteiger partial charge < -0.3 is 14.8 Å². The number of thiophene rings is 1. The zero-order valence-corrected chi connectivity index (χ0v) is 16.4. The summed E-state index contributed by atoms with van der Waals surface area (Å²) in [6.45, 7) is 1.96. The molecule has 0 spiro atoms. The van der Waals surface area contributed by atoms with Crippen LogP contribution in [0.4, 0.5) is 5.00 Å². The Balaban J connectivity index is 1.45. The topological polar surface area (TPSA) is 64.6 Å². The predicted molar refractivity (Wildman–Crippen MR) is 110 cm³/mol. The third-order valence-electron chi connectivity index (χ3n) is 4.74. The monoisotopic (exact) mass is 395 g/mol. The molecule has 1 aliphatic rings. The first-order valence-corrected chi connectivity index (χ1v) is 10.2. The molecule has 1 N–H and O–H groups in total. The van der Waals surface area contributed by atoms with E-state index in [1.54, 1.807) is 6.92 Å². The number of carbonyl (C=O) groups is 2. The van der Waals surface area contributed by atoms with Crippen molar-refractivity contribution in [2.75, 3.05) is 18.5 Å². The van der Waals surface area contributed by atoms with Crippen molar-refractivity contribution in [1.82, 2.24) is 0 Å². The average molecular weight is 395 g/mol. The van der Waals surface area contributed by atoms with Crippen molar-refractivity contribution in [1.29, 1.82) is 0 Å². The van der Waals surface area contributed by atoms with Gasteiger partial charge in [0.05, 0.1) is 12.2 Å². The minimum absolute atomic E-state index is 0.122. The summed E-state index contributed by atoms with van der Waals surface area (Å²) in [5.74, 6) is -0.0283. The molecule has 1 aromatic heterocycles. The normalized spacial score (nSPS) is 12.6. The lowest BCUT2D eigenvalue weighted by Crippen LogP contribution is -2.21. The molecule has 3 aromatic rings. The number of hydrogen-bond acceptors (Lipinski definition) is 5. The number of benzene rings is 2. The first-order chi connectivity index (χ1) is 13.7. The van der Waals surface area contributed by atoms with Crippen LogP contribution in [0.15, 0.2) is 42.5 Å². The lowest BCUT2D eigenvalue weighted by Gasteiger charge is -2.09. The van der Waals surface area contributed by atoms with E-state index in [0.717, 1.165) is 40.5 Å². The standard InChI is InChI=1S/C22H21NO4S/c1-2-26-22(25)20-17-8-5-9-18(17)28-21(20)23-19(24)13-27-16-11-10-14-6-3-4-7-15(14)12-16/h3-4,6-7,10-12H,2,5,8-9,13H2,1H3,(H,23,24). The Bertz CT molecular complexity index is 1040. The van der Waals surface area contributed by atoms with Crippen molar-refractivity contribution >= 4 is 39.0 Å². The van der Waals surface area contributed by atoms with Crippen LogP contribution >= 0.6 is 11.3 Å². The highest BCUT2D eigenvalue weighted by Gasteiger charge is 2.28. The number of anilines is 1. The van der Waals surface area contributed by atoms with Gasteiger partial charge in [0.1, 0.15) is 10.8 Å². The second-order valence-corrected chi connectivity index (χ2v) is 7.73. The highest BCUT2D eigenvalue weighted by atomic mass is 32.1. The molecule has 4 rings (SSSR count). The maximum Gasteiger partial charge on any atom is 0.341 e. The van der Waals surface area contributed by atoms with Gasteiger partial charge in [0.25, 0.3) is 5.91 Å². The van der Waals surface area contributed by atoms with Crippen LogP contribution in [0.1, 0.15) is 34.1 Å². The minimum Gasteiger partial charge on any atom is -0.484 e. The second kappa shape index (κ2) is 8.02. The molecular weight excluding hydrogens is 374 g/mol. The van der Waals surface area contributed by atoms with E-state index < -0.39 is 0 Å². The number of aryl methyl sites for hydroxylation is 1. The van der Waals surface area contributed by atoms with Gasteiger partial charge in [-0.15, -0.1) is 11.3 Å². The molecule has 1 amide bonds. The van der Waals surface area contributed by atoms with E-state index in [1.165, 1.54) is 11.3 Å². The van der Waals surface area contributed by atoms with Gasteiger partial charge in [0.15, 0.2) is 6.61 Å². The van der Waals surface area contributed by atoms with E-state index >= 15 is 0 Å². The molecule has 0 saturated heterocycles. The largest absolute Gasteiger partial charge is 0.484 e. The second-order valence-electron chi connectivity index (χ2n) is 6.63. The molecule has 1 aliphatic carbocycles. The van der Waals surface area contributed by atoms with Crippen molar-refractivity contribution in [3.63, 3.8) is 0 Å². The summed E-state index contributed by atoms with van der Waals surface area (Å²) in [6.07, 6.45) is 2.83. The number of ether oxygens (including phenoxy) is 2. The van der Waals surface area contributed by atoms with Gasteiger partial charge in [-0.05, 0) is 54.7 Å². The first kappa shape index (κ1) is 18.5. The summed E-state index contributed by atoms with van der Waals surface area (Å²) < 4.78 is 10.8. The van der Waals surface area contributed by atoms with E-state index in [1.807, 2.05) is 42.5 Å². The molecule has 1 heterocycles. The Morgan fingerprint density at radius 1 is 1.11 bits per heavy atom. The minimum atomic E-state index is -0.368. The van der Waals surface area contributed by atoms with Crippen LogP contribution in [0, 0.1) is 0 Å². The van der Waals surface area contributed by atoms with E-state index in [2.05, 4.69) is 5.32 Å². The molecule has 0 saturated carbocycles. The molecule has 6 heteroatoms. The third-order valence-corrected chi connectivity index (χ3v) is 5.95. The Hall–Kier alpha value is -2.86. The summed E-state index contributed by atoms with van der Waals surface area (Å²) in [5, 5.41) is 5.58. The maximum atomic E-state index is 12.4. The summed E-state index contributed by atoms with van der Waals surface area (Å²) >= 11 is 1.47. The number of carbonyl (C=O) groups excluding carboxylic acids is 2. The lowest BCUT2D eigenvalue weighted by atomic mass is 10.1. The molecule has 5 nitrogen and oxygen atoms in total. The van der Waals surface area contributed by atoms with Gasteiger partial charge in [-0.25, -0.2) is 4.79 Å². The fourth-order valence-corrected chi connectivity index (χ4v) is 4.77. The van der Waals surface area contributed by atoms with Gasteiger partial charge in [-0.3, -0.25) is 4.79 Å². The highest BCUT2D eigenvalue weighted by Crippen LogP contribution is 2.39. The highest BCUT2D eigenvalue weighted by molar-refractivity contribution is 7.17. The molecule has 0 radical (unpaired) electrons. The molecule has 144 valence electrons. The van der Waals surface area contributed by atoms with E-state index in [-0.39, 0.29) is 18.5 Å². The van der Waals surface area contributed by atoms with Crippen molar-refractivity contribution in [2.24, 2.45) is 0 Å². The molecule has 0 aliphatic heterocycles. The van der Waals surface area contributed by atoms with Crippen LogP contribution < -0.4 is 10.1 Å². The van der Waals surface area contributed by atoms with Crippen LogP contribution in [-0.2, 0) is 22.4 Å². The Labute approximate surface area is 167 Å². The Morgan fingerprint density at radius 3 is 2.75 bits per heavy atom. The smallest absolute Gasteiger partial charge is 0.341 e. The quantitative estimate of drug-likeness (QED) is 0.620. The van der Waals surface area contributed by atoms with Crippen LogP contribution in [0.2, 0.25) is 0 Å². The first-order valence-electron chi connectivity index (χ1n) is 9.39. The van der Waals surface area contributed by atoms with E-state index in [9.17, 15) is 9.59 Å². The Kier molecular flexibility index (Phi) is 5.30. The van der Waals surface area contributed by atoms with Crippen molar-refractivity contribution in [3.8, 4) is 5.75 Å². The molecule has 0 bridgehead atoms. The van der Waals surface area contributed by atoms with Gasteiger partial charge in [-0.2, -0.15) is 0 Å². The number of fused-ring (bicyclic) bond motifs is 2. The van der Waals surface area contributed by atoms with Crippen molar-refractivity contribution in [2.45, 2.75) is 26.2 Å². The lowest BCUT2D eigenvalue weighted by molar-refractivity contribution is -0.118. The van der Waals surface area contributed by atoms with Crippen molar-refractivity contribution < 1.29 is 19.1 Å². The van der Waals surface area contributed by atoms with Crippen LogP contribution in [-0.4, -0.2) is 25.1 Å². The SMILES string of the molecule is CCOC(=O)c1c(NC(=O)COc2ccc3ccccc3c2)sc2c1CCC2.